The van der Waals surface area contributed by atoms with Gasteiger partial charge in [0.2, 0.25) is 0 Å². The molecular weight excluding hydrogens is 356 g/mol. The first-order valence-electron chi connectivity index (χ1n) is 9.48. The van der Waals surface area contributed by atoms with Crippen molar-refractivity contribution in [3.63, 3.8) is 0 Å². The Morgan fingerprint density at radius 2 is 1.64 bits per heavy atom. The van der Waals surface area contributed by atoms with E-state index in [1.807, 2.05) is 49.4 Å². The van der Waals surface area contributed by atoms with Crippen LogP contribution in [0.4, 0.5) is 0 Å². The van der Waals surface area contributed by atoms with Crippen LogP contribution in [0.3, 0.4) is 0 Å². The summed E-state index contributed by atoms with van der Waals surface area (Å²) in [6.07, 6.45) is 0.611. The van der Waals surface area contributed by atoms with Crippen LogP contribution in [-0.2, 0) is 20.7 Å². The molecule has 0 radical (unpaired) electrons. The van der Waals surface area contributed by atoms with Crippen LogP contribution < -0.4 is 9.47 Å². The van der Waals surface area contributed by atoms with Crippen LogP contribution in [0, 0.1) is 0 Å². The highest BCUT2D eigenvalue weighted by Gasteiger charge is 2.17. The van der Waals surface area contributed by atoms with Crippen LogP contribution in [0.5, 0.6) is 11.5 Å². The highest BCUT2D eigenvalue weighted by molar-refractivity contribution is 5.75. The second-order valence-electron chi connectivity index (χ2n) is 6.85. The molecule has 0 bridgehead atoms. The lowest BCUT2D eigenvalue weighted by Gasteiger charge is -2.16. The van der Waals surface area contributed by atoms with E-state index in [9.17, 15) is 9.59 Å². The van der Waals surface area contributed by atoms with Gasteiger partial charge in [0.05, 0.1) is 13.5 Å². The van der Waals surface area contributed by atoms with E-state index >= 15 is 0 Å². The number of hydrogen-bond acceptors (Lipinski definition) is 5. The molecule has 0 heterocycles. The first kappa shape index (κ1) is 21.5. The van der Waals surface area contributed by atoms with Crippen LogP contribution in [0.1, 0.15) is 62.8 Å². The fourth-order valence-electron chi connectivity index (χ4n) is 2.85. The first-order chi connectivity index (χ1) is 13.3. The fraction of sp³-hybridized carbons (Fsp3) is 0.391. The molecule has 0 fully saturated rings. The minimum Gasteiger partial charge on any atom is -0.497 e. The molecule has 2 atom stereocenters. The summed E-state index contributed by atoms with van der Waals surface area (Å²) in [5, 5.41) is 0. The molecule has 0 N–H and O–H groups in total. The zero-order valence-electron chi connectivity index (χ0n) is 17.2. The molecular formula is C23H28O5. The third-order valence-corrected chi connectivity index (χ3v) is 4.75. The number of carbonyl (C=O) groups is 2. The van der Waals surface area contributed by atoms with Crippen molar-refractivity contribution in [3.05, 3.63) is 59.2 Å². The minimum atomic E-state index is -0.414. The van der Waals surface area contributed by atoms with Gasteiger partial charge in [-0.1, -0.05) is 38.1 Å². The number of methoxy groups -OCH3 is 1. The van der Waals surface area contributed by atoms with Gasteiger partial charge >= 0.3 is 11.9 Å². The average Bonchev–Trinajstić information content (AvgIpc) is 2.68. The highest BCUT2D eigenvalue weighted by atomic mass is 16.5. The molecule has 2 aromatic rings. The predicted molar refractivity (Wildman–Crippen MR) is 108 cm³/mol. The number of hydrogen-bond donors (Lipinski definition) is 0. The smallest absolute Gasteiger partial charge is 0.311 e. The topological polar surface area (TPSA) is 61.8 Å². The molecule has 150 valence electrons. The Morgan fingerprint density at radius 3 is 2.21 bits per heavy atom. The number of ether oxygens (including phenoxy) is 3. The van der Waals surface area contributed by atoms with Gasteiger partial charge in [0.25, 0.3) is 0 Å². The Bertz CT molecular complexity index is 810. The van der Waals surface area contributed by atoms with Gasteiger partial charge in [0.15, 0.2) is 0 Å². The van der Waals surface area contributed by atoms with Gasteiger partial charge in [-0.25, -0.2) is 0 Å². The van der Waals surface area contributed by atoms with Crippen molar-refractivity contribution < 1.29 is 23.8 Å². The van der Waals surface area contributed by atoms with Gasteiger partial charge in [-0.3, -0.25) is 9.59 Å². The highest BCUT2D eigenvalue weighted by Crippen LogP contribution is 2.28. The molecule has 0 aliphatic heterocycles. The summed E-state index contributed by atoms with van der Waals surface area (Å²) in [6, 6.07) is 13.0. The maximum Gasteiger partial charge on any atom is 0.311 e. The van der Waals surface area contributed by atoms with Gasteiger partial charge in [-0.05, 0) is 48.6 Å². The summed E-state index contributed by atoms with van der Waals surface area (Å²) in [6.45, 7) is 7.38. The Kier molecular flexibility index (Phi) is 7.61. The van der Waals surface area contributed by atoms with Gasteiger partial charge in [0, 0.05) is 12.5 Å². The van der Waals surface area contributed by atoms with Gasteiger partial charge < -0.3 is 14.2 Å². The van der Waals surface area contributed by atoms with E-state index in [-0.39, 0.29) is 12.4 Å². The van der Waals surface area contributed by atoms with Crippen molar-refractivity contribution in [2.45, 2.75) is 52.6 Å². The molecule has 28 heavy (non-hydrogen) atoms. The van der Waals surface area contributed by atoms with Crippen molar-refractivity contribution in [1.29, 1.82) is 0 Å². The monoisotopic (exact) mass is 384 g/mol. The summed E-state index contributed by atoms with van der Waals surface area (Å²) in [4.78, 5) is 23.9. The van der Waals surface area contributed by atoms with Crippen LogP contribution in [0.25, 0.3) is 0 Å². The molecule has 0 aliphatic carbocycles. The van der Waals surface area contributed by atoms with Crippen molar-refractivity contribution in [2.24, 2.45) is 0 Å². The van der Waals surface area contributed by atoms with E-state index in [4.69, 9.17) is 14.2 Å². The molecule has 0 saturated carbocycles. The molecule has 2 aromatic carbocycles. The zero-order valence-corrected chi connectivity index (χ0v) is 17.2. The van der Waals surface area contributed by atoms with Crippen molar-refractivity contribution in [2.75, 3.05) is 7.11 Å². The van der Waals surface area contributed by atoms with Crippen LogP contribution in [0.2, 0.25) is 0 Å². The lowest BCUT2D eigenvalue weighted by Crippen LogP contribution is -2.13. The maximum absolute atomic E-state index is 12.4. The lowest BCUT2D eigenvalue weighted by molar-refractivity contribution is -0.148. The number of benzene rings is 2. The summed E-state index contributed by atoms with van der Waals surface area (Å²) < 4.78 is 16.0. The molecule has 2 rings (SSSR count). The standard InChI is InChI=1S/C23H28O5/c1-6-15(2)19-7-8-20(22(13-19)28-17(4)24)14-23(25)27-16(3)18-9-11-21(26-5)12-10-18/h7-13,15-16H,6,14H2,1-5H3. The molecule has 2 unspecified atom stereocenters. The summed E-state index contributed by atoms with van der Waals surface area (Å²) in [7, 11) is 1.60. The molecule has 5 heteroatoms. The number of esters is 2. The van der Waals surface area contributed by atoms with E-state index < -0.39 is 12.1 Å². The van der Waals surface area contributed by atoms with E-state index in [1.54, 1.807) is 7.11 Å². The minimum absolute atomic E-state index is 0.0316. The Morgan fingerprint density at radius 1 is 1.00 bits per heavy atom. The Labute approximate surface area is 166 Å². The average molecular weight is 384 g/mol. The molecule has 0 saturated heterocycles. The summed E-state index contributed by atoms with van der Waals surface area (Å²) in [5.41, 5.74) is 2.58. The summed E-state index contributed by atoms with van der Waals surface area (Å²) >= 11 is 0. The molecule has 0 aliphatic rings. The van der Waals surface area contributed by atoms with Crippen molar-refractivity contribution in [3.8, 4) is 11.5 Å². The van der Waals surface area contributed by atoms with E-state index in [1.165, 1.54) is 6.92 Å². The van der Waals surface area contributed by atoms with Gasteiger partial charge in [-0.15, -0.1) is 0 Å². The molecule has 0 aromatic heterocycles. The van der Waals surface area contributed by atoms with E-state index in [0.29, 0.717) is 17.2 Å². The van der Waals surface area contributed by atoms with E-state index in [0.717, 1.165) is 23.3 Å². The normalized spacial score (nSPS) is 12.8. The molecule has 0 amide bonds. The van der Waals surface area contributed by atoms with Crippen LogP contribution >= 0.6 is 0 Å². The van der Waals surface area contributed by atoms with Gasteiger partial charge in [0.1, 0.15) is 17.6 Å². The zero-order chi connectivity index (χ0) is 20.7. The maximum atomic E-state index is 12.4. The Balaban J connectivity index is 2.11. The quantitative estimate of drug-likeness (QED) is 0.474. The van der Waals surface area contributed by atoms with E-state index in [2.05, 4.69) is 13.8 Å². The van der Waals surface area contributed by atoms with Crippen LogP contribution in [0.15, 0.2) is 42.5 Å². The third-order valence-electron chi connectivity index (χ3n) is 4.75. The number of carbonyl (C=O) groups excluding carboxylic acids is 2. The predicted octanol–water partition coefficient (Wildman–Crippen LogP) is 4.98. The third kappa shape index (κ3) is 5.84. The first-order valence-corrected chi connectivity index (χ1v) is 9.48. The van der Waals surface area contributed by atoms with Crippen LogP contribution in [-0.4, -0.2) is 19.0 Å². The lowest BCUT2D eigenvalue weighted by atomic mass is 9.96. The summed E-state index contributed by atoms with van der Waals surface area (Å²) in [5.74, 6) is 0.704. The Hall–Kier alpha value is -2.82. The van der Waals surface area contributed by atoms with Crippen molar-refractivity contribution in [1.82, 2.24) is 0 Å². The second kappa shape index (κ2) is 9.93. The second-order valence-corrected chi connectivity index (χ2v) is 6.85. The molecule has 0 spiro atoms. The SMILES string of the molecule is CCC(C)c1ccc(CC(=O)OC(C)c2ccc(OC)cc2)c(OC(C)=O)c1. The number of rotatable bonds is 8. The fourth-order valence-corrected chi connectivity index (χ4v) is 2.85. The van der Waals surface area contributed by atoms with Crippen molar-refractivity contribution >= 4 is 11.9 Å². The van der Waals surface area contributed by atoms with Gasteiger partial charge in [-0.2, -0.15) is 0 Å². The largest absolute Gasteiger partial charge is 0.497 e. The molecule has 5 nitrogen and oxygen atoms in total.